The van der Waals surface area contributed by atoms with Gasteiger partial charge in [-0.2, -0.15) is 5.10 Å². The van der Waals surface area contributed by atoms with Crippen molar-refractivity contribution >= 4 is 0 Å². The Labute approximate surface area is 135 Å². The van der Waals surface area contributed by atoms with E-state index >= 15 is 0 Å². The Morgan fingerprint density at radius 1 is 1.22 bits per heavy atom. The lowest BCUT2D eigenvalue weighted by Gasteiger charge is -2.16. The third kappa shape index (κ3) is 4.09. The first-order chi connectivity index (χ1) is 11.2. The van der Waals surface area contributed by atoms with E-state index in [-0.39, 0.29) is 6.04 Å². The summed E-state index contributed by atoms with van der Waals surface area (Å²) < 4.78 is 7.08. The van der Waals surface area contributed by atoms with Gasteiger partial charge < -0.3 is 14.8 Å². The van der Waals surface area contributed by atoms with E-state index in [9.17, 15) is 5.11 Å². The SMILES string of the molecule is CC(CC(O)c1ccco1)NCc1cnn(-c2ccccc2)c1. The molecule has 5 nitrogen and oxygen atoms in total. The van der Waals surface area contributed by atoms with Gasteiger partial charge in [0.25, 0.3) is 0 Å². The summed E-state index contributed by atoms with van der Waals surface area (Å²) in [5.41, 5.74) is 2.15. The molecule has 0 radical (unpaired) electrons. The van der Waals surface area contributed by atoms with E-state index in [2.05, 4.69) is 10.4 Å². The van der Waals surface area contributed by atoms with Crippen LogP contribution in [0.25, 0.3) is 5.69 Å². The Morgan fingerprint density at radius 3 is 2.78 bits per heavy atom. The zero-order valence-electron chi connectivity index (χ0n) is 13.1. The summed E-state index contributed by atoms with van der Waals surface area (Å²) in [6.07, 6.45) is 5.46. The third-order valence-electron chi connectivity index (χ3n) is 3.76. The molecule has 2 N–H and O–H groups in total. The number of nitrogens with zero attached hydrogens (tertiary/aromatic N) is 2. The molecular formula is C18H21N3O2. The lowest BCUT2D eigenvalue weighted by Crippen LogP contribution is -2.27. The van der Waals surface area contributed by atoms with E-state index in [1.165, 1.54) is 0 Å². The Hall–Kier alpha value is -2.37. The number of rotatable bonds is 7. The molecule has 0 saturated heterocycles. The minimum atomic E-state index is -0.584. The number of hydrogen-bond acceptors (Lipinski definition) is 4. The van der Waals surface area contributed by atoms with Crippen LogP contribution >= 0.6 is 0 Å². The van der Waals surface area contributed by atoms with Crippen molar-refractivity contribution in [1.29, 1.82) is 0 Å². The van der Waals surface area contributed by atoms with Gasteiger partial charge in [-0.05, 0) is 37.6 Å². The van der Waals surface area contributed by atoms with Gasteiger partial charge in [0.1, 0.15) is 11.9 Å². The number of nitrogens with one attached hydrogen (secondary N) is 1. The molecule has 2 atom stereocenters. The highest BCUT2D eigenvalue weighted by atomic mass is 16.4. The molecule has 0 bridgehead atoms. The first-order valence-electron chi connectivity index (χ1n) is 7.76. The average Bonchev–Trinajstić information content (AvgIpc) is 3.25. The molecule has 0 amide bonds. The Bertz CT molecular complexity index is 707. The van der Waals surface area contributed by atoms with Crippen LogP contribution in [0, 0.1) is 0 Å². The number of para-hydroxylation sites is 1. The van der Waals surface area contributed by atoms with E-state index in [0.29, 0.717) is 18.7 Å². The number of benzene rings is 1. The summed E-state index contributed by atoms with van der Waals surface area (Å²) >= 11 is 0. The first-order valence-corrected chi connectivity index (χ1v) is 7.76. The van der Waals surface area contributed by atoms with Crippen molar-refractivity contribution in [2.24, 2.45) is 0 Å². The lowest BCUT2D eigenvalue weighted by molar-refractivity contribution is 0.128. The maximum atomic E-state index is 10.1. The fourth-order valence-corrected chi connectivity index (χ4v) is 2.48. The van der Waals surface area contributed by atoms with Crippen molar-refractivity contribution in [3.8, 4) is 5.69 Å². The van der Waals surface area contributed by atoms with Gasteiger partial charge in [-0.15, -0.1) is 0 Å². The number of furan rings is 1. The monoisotopic (exact) mass is 311 g/mol. The molecule has 2 aromatic heterocycles. The van der Waals surface area contributed by atoms with Gasteiger partial charge in [0.05, 0.1) is 18.1 Å². The molecule has 120 valence electrons. The molecule has 3 aromatic rings. The van der Waals surface area contributed by atoms with Gasteiger partial charge in [0.2, 0.25) is 0 Å². The highest BCUT2D eigenvalue weighted by Gasteiger charge is 2.14. The summed E-state index contributed by atoms with van der Waals surface area (Å²) in [6, 6.07) is 13.8. The van der Waals surface area contributed by atoms with Crippen LogP contribution in [0.4, 0.5) is 0 Å². The maximum absolute atomic E-state index is 10.1. The van der Waals surface area contributed by atoms with Gasteiger partial charge in [0.15, 0.2) is 0 Å². The Balaban J connectivity index is 1.51. The van der Waals surface area contributed by atoms with Crippen molar-refractivity contribution in [3.63, 3.8) is 0 Å². The molecule has 1 aromatic carbocycles. The molecule has 0 fully saturated rings. The molecule has 0 spiro atoms. The molecule has 0 aliphatic rings. The van der Waals surface area contributed by atoms with Crippen LogP contribution in [0.3, 0.4) is 0 Å². The average molecular weight is 311 g/mol. The van der Waals surface area contributed by atoms with E-state index in [1.54, 1.807) is 18.4 Å². The topological polar surface area (TPSA) is 63.2 Å². The summed E-state index contributed by atoms with van der Waals surface area (Å²) in [5.74, 6) is 0.607. The second-order valence-electron chi connectivity index (χ2n) is 5.68. The van der Waals surface area contributed by atoms with Gasteiger partial charge in [0, 0.05) is 24.3 Å². The standard InChI is InChI=1S/C18H21N3O2/c1-14(10-17(22)18-8-5-9-23-18)19-11-15-12-20-21(13-15)16-6-3-2-4-7-16/h2-9,12-14,17,19,22H,10-11H2,1H3. The van der Waals surface area contributed by atoms with Crippen LogP contribution in [-0.4, -0.2) is 20.9 Å². The predicted octanol–water partition coefficient (Wildman–Crippen LogP) is 3.07. The number of aliphatic hydroxyl groups is 1. The zero-order chi connectivity index (χ0) is 16.1. The molecule has 0 saturated carbocycles. The van der Waals surface area contributed by atoms with Crippen molar-refractivity contribution < 1.29 is 9.52 Å². The normalized spacial score (nSPS) is 13.8. The predicted molar refractivity (Wildman–Crippen MR) is 88.2 cm³/mol. The van der Waals surface area contributed by atoms with Gasteiger partial charge in [-0.1, -0.05) is 18.2 Å². The molecule has 5 heteroatoms. The fraction of sp³-hybridized carbons (Fsp3) is 0.278. The number of aromatic nitrogens is 2. The lowest BCUT2D eigenvalue weighted by atomic mass is 10.1. The highest BCUT2D eigenvalue weighted by molar-refractivity contribution is 5.30. The van der Waals surface area contributed by atoms with E-state index < -0.39 is 6.10 Å². The summed E-state index contributed by atoms with van der Waals surface area (Å²) in [6.45, 7) is 2.76. The fourth-order valence-electron chi connectivity index (χ4n) is 2.48. The Kier molecular flexibility index (Phi) is 4.90. The van der Waals surface area contributed by atoms with Crippen LogP contribution in [0.1, 0.15) is 30.8 Å². The van der Waals surface area contributed by atoms with Crippen molar-refractivity contribution in [1.82, 2.24) is 15.1 Å². The summed E-state index contributed by atoms with van der Waals surface area (Å²) in [7, 11) is 0. The largest absolute Gasteiger partial charge is 0.467 e. The molecule has 0 aliphatic heterocycles. The highest BCUT2D eigenvalue weighted by Crippen LogP contribution is 2.18. The van der Waals surface area contributed by atoms with Crippen molar-refractivity contribution in [2.45, 2.75) is 32.0 Å². The molecule has 0 aliphatic carbocycles. The van der Waals surface area contributed by atoms with Crippen LogP contribution in [0.2, 0.25) is 0 Å². The molecule has 2 unspecified atom stereocenters. The van der Waals surface area contributed by atoms with E-state index in [1.807, 2.05) is 54.3 Å². The van der Waals surface area contributed by atoms with Crippen molar-refractivity contribution in [3.05, 3.63) is 72.4 Å². The number of aliphatic hydroxyl groups excluding tert-OH is 1. The zero-order valence-corrected chi connectivity index (χ0v) is 13.1. The van der Waals surface area contributed by atoms with Crippen LogP contribution in [-0.2, 0) is 6.54 Å². The minimum absolute atomic E-state index is 0.162. The van der Waals surface area contributed by atoms with Crippen LogP contribution in [0.5, 0.6) is 0 Å². The summed E-state index contributed by atoms with van der Waals surface area (Å²) in [4.78, 5) is 0. The van der Waals surface area contributed by atoms with E-state index in [0.717, 1.165) is 11.3 Å². The van der Waals surface area contributed by atoms with Gasteiger partial charge in [-0.3, -0.25) is 0 Å². The van der Waals surface area contributed by atoms with E-state index in [4.69, 9.17) is 4.42 Å². The third-order valence-corrected chi connectivity index (χ3v) is 3.76. The summed E-state index contributed by atoms with van der Waals surface area (Å²) in [5, 5.41) is 17.9. The maximum Gasteiger partial charge on any atom is 0.132 e. The van der Waals surface area contributed by atoms with Crippen LogP contribution in [0.15, 0.2) is 65.5 Å². The number of hydrogen-bond donors (Lipinski definition) is 2. The minimum Gasteiger partial charge on any atom is -0.467 e. The molecule has 23 heavy (non-hydrogen) atoms. The molecule has 2 heterocycles. The van der Waals surface area contributed by atoms with Gasteiger partial charge >= 0.3 is 0 Å². The van der Waals surface area contributed by atoms with Gasteiger partial charge in [-0.25, -0.2) is 4.68 Å². The molecule has 3 rings (SSSR count). The molecular weight excluding hydrogens is 290 g/mol. The Morgan fingerprint density at radius 2 is 2.04 bits per heavy atom. The van der Waals surface area contributed by atoms with Crippen LogP contribution < -0.4 is 5.32 Å². The second-order valence-corrected chi connectivity index (χ2v) is 5.68. The first kappa shape index (κ1) is 15.5. The quantitative estimate of drug-likeness (QED) is 0.704. The second kappa shape index (κ2) is 7.26. The smallest absolute Gasteiger partial charge is 0.132 e. The van der Waals surface area contributed by atoms with Crippen molar-refractivity contribution in [2.75, 3.05) is 0 Å².